The SMILES string of the molecule is O=C(COC(=O)c1cccc(S(=O)(=O)N2CCc3ccccc3C2)c1)Nc1c(F)c(F)c(F)c(F)c1F. The number of rotatable bonds is 6. The van der Waals surface area contributed by atoms with Crippen molar-refractivity contribution in [1.29, 1.82) is 0 Å². The molecule has 0 saturated carbocycles. The van der Waals surface area contributed by atoms with Gasteiger partial charge in [0.1, 0.15) is 5.69 Å². The van der Waals surface area contributed by atoms with Crippen molar-refractivity contribution in [3.63, 3.8) is 0 Å². The number of nitrogens with zero attached hydrogens (tertiary/aromatic N) is 1. The Labute approximate surface area is 207 Å². The lowest BCUT2D eigenvalue weighted by Gasteiger charge is -2.28. The Balaban J connectivity index is 1.44. The lowest BCUT2D eigenvalue weighted by Crippen LogP contribution is -2.36. The molecule has 0 radical (unpaired) electrons. The van der Waals surface area contributed by atoms with Gasteiger partial charge in [0.25, 0.3) is 5.91 Å². The number of amides is 1. The van der Waals surface area contributed by atoms with E-state index in [2.05, 4.69) is 0 Å². The van der Waals surface area contributed by atoms with Crippen molar-refractivity contribution in [1.82, 2.24) is 4.31 Å². The monoisotopic (exact) mass is 540 g/mol. The van der Waals surface area contributed by atoms with E-state index < -0.39 is 63.3 Å². The largest absolute Gasteiger partial charge is 0.452 e. The molecule has 13 heteroatoms. The molecule has 1 amide bonds. The molecule has 0 fully saturated rings. The molecule has 7 nitrogen and oxygen atoms in total. The van der Waals surface area contributed by atoms with Crippen LogP contribution in [0.5, 0.6) is 0 Å². The quantitative estimate of drug-likeness (QED) is 0.222. The highest BCUT2D eigenvalue weighted by Crippen LogP contribution is 2.28. The highest BCUT2D eigenvalue weighted by molar-refractivity contribution is 7.89. The van der Waals surface area contributed by atoms with Gasteiger partial charge in [0, 0.05) is 13.1 Å². The van der Waals surface area contributed by atoms with E-state index in [4.69, 9.17) is 4.74 Å². The predicted molar refractivity (Wildman–Crippen MR) is 119 cm³/mol. The lowest BCUT2D eigenvalue weighted by atomic mass is 10.0. The molecule has 1 N–H and O–H groups in total. The van der Waals surface area contributed by atoms with Gasteiger partial charge in [-0.25, -0.2) is 35.2 Å². The van der Waals surface area contributed by atoms with Crippen LogP contribution in [0.25, 0.3) is 0 Å². The van der Waals surface area contributed by atoms with Crippen molar-refractivity contribution in [3.05, 3.63) is 94.3 Å². The van der Waals surface area contributed by atoms with Gasteiger partial charge < -0.3 is 10.1 Å². The summed E-state index contributed by atoms with van der Waals surface area (Å²) in [6.07, 6.45) is 0.509. The Kier molecular flexibility index (Phi) is 7.28. The first kappa shape index (κ1) is 26.2. The zero-order valence-electron chi connectivity index (χ0n) is 18.7. The van der Waals surface area contributed by atoms with Crippen molar-refractivity contribution in [2.24, 2.45) is 0 Å². The summed E-state index contributed by atoms with van der Waals surface area (Å²) in [6.45, 7) is -0.783. The zero-order valence-corrected chi connectivity index (χ0v) is 19.6. The van der Waals surface area contributed by atoms with Crippen molar-refractivity contribution in [2.45, 2.75) is 17.9 Å². The van der Waals surface area contributed by atoms with Crippen molar-refractivity contribution in [2.75, 3.05) is 18.5 Å². The molecule has 0 atom stereocenters. The van der Waals surface area contributed by atoms with Gasteiger partial charge in [-0.05, 0) is 35.7 Å². The van der Waals surface area contributed by atoms with Gasteiger partial charge in [0.15, 0.2) is 29.9 Å². The van der Waals surface area contributed by atoms with Crippen molar-refractivity contribution in [3.8, 4) is 0 Å². The molecular weight excluding hydrogens is 523 g/mol. The van der Waals surface area contributed by atoms with Crippen LogP contribution in [-0.2, 0) is 32.5 Å². The van der Waals surface area contributed by atoms with Gasteiger partial charge in [-0.2, -0.15) is 4.31 Å². The van der Waals surface area contributed by atoms with Gasteiger partial charge >= 0.3 is 5.97 Å². The van der Waals surface area contributed by atoms with E-state index in [0.29, 0.717) is 6.42 Å². The first-order valence-corrected chi connectivity index (χ1v) is 12.1. The number of benzene rings is 3. The first-order chi connectivity index (χ1) is 17.5. The number of fused-ring (bicyclic) bond motifs is 1. The summed E-state index contributed by atoms with van der Waals surface area (Å²) in [7, 11) is -3.99. The summed E-state index contributed by atoms with van der Waals surface area (Å²) >= 11 is 0. The van der Waals surface area contributed by atoms with Gasteiger partial charge in [0.2, 0.25) is 15.8 Å². The number of carbonyl (C=O) groups is 2. The van der Waals surface area contributed by atoms with Crippen LogP contribution in [0.3, 0.4) is 0 Å². The fraction of sp³-hybridized carbons (Fsp3) is 0.167. The number of hydrogen-bond donors (Lipinski definition) is 1. The minimum absolute atomic E-state index is 0.144. The zero-order chi connectivity index (χ0) is 26.9. The summed E-state index contributed by atoms with van der Waals surface area (Å²) in [4.78, 5) is 24.1. The molecule has 37 heavy (non-hydrogen) atoms. The Morgan fingerprint density at radius 1 is 0.865 bits per heavy atom. The fourth-order valence-corrected chi connectivity index (χ4v) is 5.18. The first-order valence-electron chi connectivity index (χ1n) is 10.7. The van der Waals surface area contributed by atoms with Crippen LogP contribution in [0.4, 0.5) is 27.6 Å². The van der Waals surface area contributed by atoms with Crippen LogP contribution in [0.2, 0.25) is 0 Å². The van der Waals surface area contributed by atoms with E-state index in [1.165, 1.54) is 27.8 Å². The van der Waals surface area contributed by atoms with Crippen LogP contribution in [0.15, 0.2) is 53.4 Å². The third-order valence-electron chi connectivity index (χ3n) is 5.61. The third-order valence-corrected chi connectivity index (χ3v) is 7.45. The maximum atomic E-state index is 13.7. The molecule has 1 aliphatic rings. The highest BCUT2D eigenvalue weighted by atomic mass is 32.2. The topological polar surface area (TPSA) is 92.8 Å². The Morgan fingerprint density at radius 2 is 1.49 bits per heavy atom. The molecule has 0 bridgehead atoms. The van der Waals surface area contributed by atoms with Gasteiger partial charge in [0.05, 0.1) is 10.5 Å². The Bertz CT molecular complexity index is 1480. The molecule has 0 aliphatic carbocycles. The Hall–Kier alpha value is -3.84. The van der Waals surface area contributed by atoms with Crippen LogP contribution in [0, 0.1) is 29.1 Å². The predicted octanol–water partition coefficient (Wildman–Crippen LogP) is 3.92. The van der Waals surface area contributed by atoms with Crippen molar-refractivity contribution >= 4 is 27.6 Å². The van der Waals surface area contributed by atoms with E-state index in [0.717, 1.165) is 17.2 Å². The smallest absolute Gasteiger partial charge is 0.338 e. The molecular formula is C24H17F5N2O5S. The molecule has 1 aliphatic heterocycles. The van der Waals surface area contributed by atoms with E-state index in [9.17, 15) is 40.0 Å². The van der Waals surface area contributed by atoms with Crippen LogP contribution < -0.4 is 5.32 Å². The molecule has 3 aromatic carbocycles. The fourth-order valence-electron chi connectivity index (χ4n) is 3.71. The molecule has 3 aromatic rings. The average Bonchev–Trinajstić information content (AvgIpc) is 2.91. The second-order valence-electron chi connectivity index (χ2n) is 7.95. The maximum Gasteiger partial charge on any atom is 0.338 e. The van der Waals surface area contributed by atoms with Gasteiger partial charge in [-0.3, -0.25) is 4.79 Å². The van der Waals surface area contributed by atoms with Crippen molar-refractivity contribution < 1.29 is 44.7 Å². The van der Waals surface area contributed by atoms with E-state index in [1.807, 2.05) is 18.2 Å². The lowest BCUT2D eigenvalue weighted by molar-refractivity contribution is -0.119. The number of halogens is 5. The van der Waals surface area contributed by atoms with Gasteiger partial charge in [-0.15, -0.1) is 0 Å². The molecule has 0 aromatic heterocycles. The molecule has 4 rings (SSSR count). The number of sulfonamides is 1. The summed E-state index contributed by atoms with van der Waals surface area (Å²) < 4.78 is 99.4. The summed E-state index contributed by atoms with van der Waals surface area (Å²) in [5, 5.41) is 1.47. The summed E-state index contributed by atoms with van der Waals surface area (Å²) in [5.41, 5.74) is 0.0410. The number of carbonyl (C=O) groups excluding carboxylic acids is 2. The number of nitrogens with one attached hydrogen (secondary N) is 1. The van der Waals surface area contributed by atoms with E-state index >= 15 is 0 Å². The highest BCUT2D eigenvalue weighted by Gasteiger charge is 2.29. The molecule has 0 unspecified atom stereocenters. The molecule has 1 heterocycles. The second kappa shape index (κ2) is 10.3. The molecule has 0 spiro atoms. The maximum absolute atomic E-state index is 13.7. The average molecular weight is 540 g/mol. The molecule has 0 saturated heterocycles. The minimum Gasteiger partial charge on any atom is -0.452 e. The minimum atomic E-state index is -3.99. The Morgan fingerprint density at radius 3 is 2.16 bits per heavy atom. The van der Waals surface area contributed by atoms with Gasteiger partial charge in [-0.1, -0.05) is 30.3 Å². The summed E-state index contributed by atoms with van der Waals surface area (Å²) in [5.74, 6) is -14.0. The number of anilines is 1. The normalized spacial score (nSPS) is 13.6. The van der Waals surface area contributed by atoms with Crippen LogP contribution in [0.1, 0.15) is 21.5 Å². The number of ether oxygens (including phenoxy) is 1. The number of hydrogen-bond acceptors (Lipinski definition) is 5. The van der Waals surface area contributed by atoms with E-state index in [1.54, 1.807) is 6.07 Å². The van der Waals surface area contributed by atoms with Crippen LogP contribution >= 0.6 is 0 Å². The summed E-state index contributed by atoms with van der Waals surface area (Å²) in [6, 6.07) is 12.2. The number of esters is 1. The second-order valence-corrected chi connectivity index (χ2v) is 9.89. The molecule has 194 valence electrons. The van der Waals surface area contributed by atoms with E-state index in [-0.39, 0.29) is 23.5 Å². The standard InChI is InChI=1S/C24H17F5N2O5S/c25-18-19(26)21(28)23(22(29)20(18)27)30-17(32)12-36-24(33)14-6-3-7-16(10-14)37(34,35)31-9-8-13-4-1-2-5-15(13)11-31/h1-7,10H,8-9,11-12H2,(H,30,32). The van der Waals surface area contributed by atoms with Crippen LogP contribution in [-0.4, -0.2) is 37.8 Å². The third kappa shape index (κ3) is 5.18.